The van der Waals surface area contributed by atoms with Crippen molar-refractivity contribution in [3.63, 3.8) is 0 Å². The van der Waals surface area contributed by atoms with E-state index in [4.69, 9.17) is 4.74 Å². The van der Waals surface area contributed by atoms with Crippen molar-refractivity contribution in [2.45, 2.75) is 19.0 Å². The fourth-order valence-corrected chi connectivity index (χ4v) is 4.78. The van der Waals surface area contributed by atoms with E-state index in [0.717, 1.165) is 16.8 Å². The second-order valence-corrected chi connectivity index (χ2v) is 8.86. The van der Waals surface area contributed by atoms with Crippen LogP contribution in [-0.4, -0.2) is 51.0 Å². The zero-order valence-electron chi connectivity index (χ0n) is 20.5. The number of ether oxygens (including phenoxy) is 1. The molecule has 1 saturated heterocycles. The first-order valence-electron chi connectivity index (χ1n) is 12.0. The van der Waals surface area contributed by atoms with Gasteiger partial charge in [0.15, 0.2) is 0 Å². The fraction of sp³-hybridized carbons (Fsp3) is 0.214. The van der Waals surface area contributed by atoms with Crippen molar-refractivity contribution in [3.05, 3.63) is 101 Å². The third-order valence-corrected chi connectivity index (χ3v) is 6.67. The summed E-state index contributed by atoms with van der Waals surface area (Å²) >= 11 is 0. The number of methoxy groups -OCH3 is 1. The van der Waals surface area contributed by atoms with Gasteiger partial charge in [0.05, 0.1) is 36.1 Å². The van der Waals surface area contributed by atoms with Gasteiger partial charge in [0.25, 0.3) is 5.91 Å². The Morgan fingerprint density at radius 1 is 1.16 bits per heavy atom. The summed E-state index contributed by atoms with van der Waals surface area (Å²) in [6.07, 6.45) is 5.28. The van der Waals surface area contributed by atoms with Gasteiger partial charge in [-0.05, 0) is 60.5 Å². The van der Waals surface area contributed by atoms with E-state index in [9.17, 15) is 14.4 Å². The minimum atomic E-state index is -0.219. The number of carbonyl (C=O) groups is 2. The summed E-state index contributed by atoms with van der Waals surface area (Å²) in [4.78, 5) is 44.4. The molecule has 2 aromatic carbocycles. The van der Waals surface area contributed by atoms with Crippen LogP contribution in [0.3, 0.4) is 0 Å². The molecule has 1 aliphatic rings. The van der Waals surface area contributed by atoms with Crippen LogP contribution in [0.2, 0.25) is 0 Å². The van der Waals surface area contributed by atoms with Crippen LogP contribution >= 0.6 is 0 Å². The Balaban J connectivity index is 1.40. The van der Waals surface area contributed by atoms with Gasteiger partial charge in [-0.1, -0.05) is 18.7 Å². The molecule has 1 fully saturated rings. The number of fused-ring (bicyclic) bond motifs is 1. The third-order valence-electron chi connectivity index (χ3n) is 6.67. The van der Waals surface area contributed by atoms with Crippen LogP contribution < -0.4 is 15.7 Å². The van der Waals surface area contributed by atoms with Gasteiger partial charge in [-0.2, -0.15) is 0 Å². The molecule has 5 rings (SSSR count). The molecule has 9 heteroatoms. The summed E-state index contributed by atoms with van der Waals surface area (Å²) < 4.78 is 8.56. The predicted octanol–water partition coefficient (Wildman–Crippen LogP) is 3.09. The molecular weight excluding hydrogens is 470 g/mol. The van der Waals surface area contributed by atoms with E-state index in [0.29, 0.717) is 42.8 Å². The van der Waals surface area contributed by atoms with Crippen LogP contribution in [0.15, 0.2) is 84.4 Å². The van der Waals surface area contributed by atoms with Crippen LogP contribution in [-0.2, 0) is 11.3 Å². The molecule has 2 aromatic heterocycles. The van der Waals surface area contributed by atoms with E-state index in [1.165, 1.54) is 6.08 Å². The van der Waals surface area contributed by atoms with Crippen LogP contribution in [0, 0.1) is 0 Å². The lowest BCUT2D eigenvalue weighted by molar-refractivity contribution is -0.125. The van der Waals surface area contributed by atoms with Gasteiger partial charge < -0.3 is 15.0 Å². The highest BCUT2D eigenvalue weighted by molar-refractivity contribution is 5.94. The maximum atomic E-state index is 13.6. The number of hydrogen-bond acceptors (Lipinski definition) is 5. The minimum absolute atomic E-state index is 0.138. The second-order valence-electron chi connectivity index (χ2n) is 8.86. The van der Waals surface area contributed by atoms with Crippen molar-refractivity contribution in [1.82, 2.24) is 24.3 Å². The lowest BCUT2D eigenvalue weighted by Gasteiger charge is -2.15. The zero-order valence-corrected chi connectivity index (χ0v) is 20.5. The SMILES string of the molecule is C=CC(=O)N1CC[C@@H](n2c(=O)n(-c3ccc(C(=O)NCc4cccc(OC)c4)cc3)c3cnccc32)C1. The highest BCUT2D eigenvalue weighted by Gasteiger charge is 2.30. The van der Waals surface area contributed by atoms with Crippen molar-refractivity contribution < 1.29 is 14.3 Å². The van der Waals surface area contributed by atoms with Crippen molar-refractivity contribution in [2.75, 3.05) is 20.2 Å². The molecule has 2 amide bonds. The molecule has 1 atom stereocenters. The van der Waals surface area contributed by atoms with Crippen molar-refractivity contribution in [2.24, 2.45) is 0 Å². The van der Waals surface area contributed by atoms with E-state index in [1.807, 2.05) is 30.3 Å². The topological polar surface area (TPSA) is 98.5 Å². The Morgan fingerprint density at radius 3 is 2.73 bits per heavy atom. The molecule has 37 heavy (non-hydrogen) atoms. The van der Waals surface area contributed by atoms with Gasteiger partial charge in [-0.3, -0.25) is 23.7 Å². The van der Waals surface area contributed by atoms with Gasteiger partial charge in [0.2, 0.25) is 5.91 Å². The molecule has 4 aromatic rings. The number of aromatic nitrogens is 3. The van der Waals surface area contributed by atoms with Gasteiger partial charge in [-0.15, -0.1) is 0 Å². The van der Waals surface area contributed by atoms with Gasteiger partial charge in [-0.25, -0.2) is 4.79 Å². The number of imidazole rings is 1. The molecule has 1 N–H and O–H groups in total. The molecule has 0 saturated carbocycles. The van der Waals surface area contributed by atoms with E-state index in [-0.39, 0.29) is 23.5 Å². The van der Waals surface area contributed by atoms with E-state index < -0.39 is 0 Å². The maximum Gasteiger partial charge on any atom is 0.334 e. The number of amides is 2. The quantitative estimate of drug-likeness (QED) is 0.396. The average molecular weight is 498 g/mol. The highest BCUT2D eigenvalue weighted by atomic mass is 16.5. The molecule has 0 bridgehead atoms. The Kier molecular flexibility index (Phi) is 6.59. The van der Waals surface area contributed by atoms with Gasteiger partial charge >= 0.3 is 5.69 Å². The summed E-state index contributed by atoms with van der Waals surface area (Å²) in [6, 6.07) is 16.1. The molecule has 0 spiro atoms. The molecule has 0 radical (unpaired) electrons. The van der Waals surface area contributed by atoms with Crippen molar-refractivity contribution in [1.29, 1.82) is 0 Å². The Hall–Kier alpha value is -4.66. The van der Waals surface area contributed by atoms with E-state index >= 15 is 0 Å². The largest absolute Gasteiger partial charge is 0.497 e. The normalized spacial score (nSPS) is 15.1. The number of carbonyl (C=O) groups excluding carboxylic acids is 2. The highest BCUT2D eigenvalue weighted by Crippen LogP contribution is 2.26. The fourth-order valence-electron chi connectivity index (χ4n) is 4.78. The van der Waals surface area contributed by atoms with Crippen LogP contribution in [0.5, 0.6) is 5.75 Å². The third kappa shape index (κ3) is 4.63. The number of hydrogen-bond donors (Lipinski definition) is 1. The summed E-state index contributed by atoms with van der Waals surface area (Å²) in [5, 5.41) is 2.91. The molecule has 9 nitrogen and oxygen atoms in total. The zero-order chi connectivity index (χ0) is 25.9. The number of pyridine rings is 1. The van der Waals surface area contributed by atoms with E-state index in [1.54, 1.807) is 57.8 Å². The van der Waals surface area contributed by atoms with Crippen LogP contribution in [0.1, 0.15) is 28.4 Å². The predicted molar refractivity (Wildman–Crippen MR) is 140 cm³/mol. The standard InChI is InChI=1S/C28H27N5O4/c1-3-26(34)31-14-12-22(18-31)33-24-11-13-29-17-25(24)32(28(33)36)21-9-7-20(8-10-21)27(35)30-16-19-5-4-6-23(15-19)37-2/h3-11,13,15,17,22H,1,12,14,16,18H2,2H3,(H,30,35)/t22-/m1/s1. The summed E-state index contributed by atoms with van der Waals surface area (Å²) in [5.74, 6) is 0.373. The summed E-state index contributed by atoms with van der Waals surface area (Å²) in [5.41, 5.74) is 3.24. The first kappa shape index (κ1) is 24.1. The Labute approximate surface area is 213 Å². The number of rotatable bonds is 7. The average Bonchev–Trinajstić information content (AvgIpc) is 3.53. The lowest BCUT2D eigenvalue weighted by atomic mass is 10.1. The number of likely N-dealkylation sites (tertiary alicyclic amines) is 1. The molecule has 0 unspecified atom stereocenters. The monoisotopic (exact) mass is 497 g/mol. The van der Waals surface area contributed by atoms with Crippen LogP contribution in [0.4, 0.5) is 0 Å². The smallest absolute Gasteiger partial charge is 0.334 e. The summed E-state index contributed by atoms with van der Waals surface area (Å²) in [6.45, 7) is 4.94. The second kappa shape index (κ2) is 10.1. The summed E-state index contributed by atoms with van der Waals surface area (Å²) in [7, 11) is 1.60. The van der Waals surface area contributed by atoms with Gasteiger partial charge in [0, 0.05) is 31.4 Å². The Morgan fingerprint density at radius 2 is 1.97 bits per heavy atom. The minimum Gasteiger partial charge on any atom is -0.497 e. The van der Waals surface area contributed by atoms with Crippen molar-refractivity contribution in [3.8, 4) is 11.4 Å². The van der Waals surface area contributed by atoms with Crippen molar-refractivity contribution >= 4 is 22.8 Å². The number of benzene rings is 2. The molecule has 0 aliphatic carbocycles. The number of nitrogens with one attached hydrogen (secondary N) is 1. The number of nitrogens with zero attached hydrogens (tertiary/aromatic N) is 4. The maximum absolute atomic E-state index is 13.6. The lowest BCUT2D eigenvalue weighted by Crippen LogP contribution is -2.31. The van der Waals surface area contributed by atoms with Crippen LogP contribution in [0.25, 0.3) is 16.7 Å². The van der Waals surface area contributed by atoms with E-state index in [2.05, 4.69) is 16.9 Å². The Bertz CT molecular complexity index is 1540. The molecular formula is C28H27N5O4. The first-order chi connectivity index (χ1) is 18.0. The molecule has 1 aliphatic heterocycles. The van der Waals surface area contributed by atoms with Gasteiger partial charge in [0.1, 0.15) is 5.75 Å². The molecule has 188 valence electrons. The molecule has 3 heterocycles. The first-order valence-corrected chi connectivity index (χ1v) is 12.0.